The van der Waals surface area contributed by atoms with Crippen molar-refractivity contribution in [3.05, 3.63) is 47.1 Å². The van der Waals surface area contributed by atoms with Gasteiger partial charge in [-0.25, -0.2) is 0 Å². The molecule has 0 fully saturated rings. The molecule has 0 spiro atoms. The van der Waals surface area contributed by atoms with Crippen LogP contribution in [0.2, 0.25) is 0 Å². The molecule has 0 heteroatoms. The number of hydrogen-bond donors (Lipinski definition) is 0. The highest BCUT2D eigenvalue weighted by atomic mass is 14.2. The minimum atomic E-state index is 1.15. The van der Waals surface area contributed by atoms with Crippen molar-refractivity contribution in [2.75, 3.05) is 0 Å². The number of hydrogen-bond acceptors (Lipinski definition) is 0. The fourth-order valence-corrected chi connectivity index (χ4v) is 2.42. The van der Waals surface area contributed by atoms with Crippen LogP contribution in [0.4, 0.5) is 0 Å². The summed E-state index contributed by atoms with van der Waals surface area (Å²) in [5.74, 6) is 0. The first-order chi connectivity index (χ1) is 7.42. The number of allylic oxidation sites excluding steroid dienone is 8. The van der Waals surface area contributed by atoms with Crippen molar-refractivity contribution in [2.24, 2.45) is 0 Å². The molecule has 0 amide bonds. The van der Waals surface area contributed by atoms with Crippen molar-refractivity contribution >= 4 is 0 Å². The van der Waals surface area contributed by atoms with Gasteiger partial charge in [0.15, 0.2) is 0 Å². The van der Waals surface area contributed by atoms with Crippen molar-refractivity contribution in [2.45, 2.75) is 45.4 Å². The molecule has 0 atom stereocenters. The average molecular weight is 200 g/mol. The van der Waals surface area contributed by atoms with Crippen LogP contribution in [0.1, 0.15) is 45.4 Å². The Morgan fingerprint density at radius 2 is 2.13 bits per heavy atom. The lowest BCUT2D eigenvalue weighted by atomic mass is 9.90. The predicted molar refractivity (Wildman–Crippen MR) is 66.8 cm³/mol. The molecule has 0 unspecified atom stereocenters. The Balaban J connectivity index is 2.27. The van der Waals surface area contributed by atoms with E-state index in [0.717, 1.165) is 6.42 Å². The Kier molecular flexibility index (Phi) is 3.60. The van der Waals surface area contributed by atoms with Crippen molar-refractivity contribution in [1.82, 2.24) is 0 Å². The first kappa shape index (κ1) is 10.5. The van der Waals surface area contributed by atoms with Crippen LogP contribution in [0, 0.1) is 0 Å². The lowest BCUT2D eigenvalue weighted by Gasteiger charge is -2.15. The lowest BCUT2D eigenvalue weighted by molar-refractivity contribution is 0.731. The lowest BCUT2D eigenvalue weighted by Crippen LogP contribution is -1.96. The van der Waals surface area contributed by atoms with Gasteiger partial charge in [-0.15, -0.1) is 0 Å². The average Bonchev–Trinajstić information content (AvgIpc) is 2.71. The molecule has 0 bridgehead atoms. The standard InChI is InChI=1S/C15H20/c1-2-13-9-5-3-4-6-12-15(13)14-10-7-8-11-14/h5,7-10H,2-4,6,11-12H2,1H3/b9-5-,15-13+. The fraction of sp³-hybridized carbons (Fsp3) is 0.467. The van der Waals surface area contributed by atoms with Crippen LogP contribution in [-0.4, -0.2) is 0 Å². The van der Waals surface area contributed by atoms with Crippen LogP contribution >= 0.6 is 0 Å². The van der Waals surface area contributed by atoms with Crippen LogP contribution in [0.5, 0.6) is 0 Å². The SMILES string of the molecule is CCC1=C(\C2=CC=CC2)CCCC/C=C\1. The molecule has 2 aliphatic rings. The molecular formula is C15H20. The summed E-state index contributed by atoms with van der Waals surface area (Å²) >= 11 is 0. The Hall–Kier alpha value is -1.04. The van der Waals surface area contributed by atoms with Gasteiger partial charge in [-0.3, -0.25) is 0 Å². The zero-order valence-corrected chi connectivity index (χ0v) is 9.63. The Bertz CT molecular complexity index is 337. The molecule has 0 aliphatic heterocycles. The van der Waals surface area contributed by atoms with Gasteiger partial charge in [0.1, 0.15) is 0 Å². The van der Waals surface area contributed by atoms with Gasteiger partial charge in [-0.05, 0) is 55.2 Å². The highest BCUT2D eigenvalue weighted by Crippen LogP contribution is 2.30. The molecule has 15 heavy (non-hydrogen) atoms. The maximum atomic E-state index is 2.35. The van der Waals surface area contributed by atoms with E-state index in [0.29, 0.717) is 0 Å². The van der Waals surface area contributed by atoms with Crippen LogP contribution < -0.4 is 0 Å². The van der Waals surface area contributed by atoms with Crippen LogP contribution in [0.25, 0.3) is 0 Å². The minimum Gasteiger partial charge on any atom is -0.0843 e. The molecule has 2 aliphatic carbocycles. The van der Waals surface area contributed by atoms with Gasteiger partial charge >= 0.3 is 0 Å². The molecular weight excluding hydrogens is 180 g/mol. The Morgan fingerprint density at radius 1 is 1.20 bits per heavy atom. The normalized spacial score (nSPS) is 28.5. The van der Waals surface area contributed by atoms with E-state index in [1.165, 1.54) is 32.1 Å². The van der Waals surface area contributed by atoms with E-state index in [2.05, 4.69) is 37.3 Å². The van der Waals surface area contributed by atoms with E-state index in [1.807, 2.05) is 0 Å². The summed E-state index contributed by atoms with van der Waals surface area (Å²) in [6.07, 6.45) is 19.0. The largest absolute Gasteiger partial charge is 0.0843 e. The smallest absolute Gasteiger partial charge is 0.00915 e. The van der Waals surface area contributed by atoms with Crippen molar-refractivity contribution in [3.8, 4) is 0 Å². The maximum Gasteiger partial charge on any atom is -0.00915 e. The second kappa shape index (κ2) is 5.16. The van der Waals surface area contributed by atoms with Gasteiger partial charge in [0.05, 0.1) is 0 Å². The Labute approximate surface area is 93.1 Å². The summed E-state index contributed by atoms with van der Waals surface area (Å²) < 4.78 is 0. The molecule has 0 saturated heterocycles. The van der Waals surface area contributed by atoms with E-state index in [9.17, 15) is 0 Å². The summed E-state index contributed by atoms with van der Waals surface area (Å²) in [4.78, 5) is 0. The highest BCUT2D eigenvalue weighted by Gasteiger charge is 2.11. The van der Waals surface area contributed by atoms with Gasteiger partial charge in [0.2, 0.25) is 0 Å². The molecule has 80 valence electrons. The molecule has 0 radical (unpaired) electrons. The van der Waals surface area contributed by atoms with Crippen molar-refractivity contribution in [3.63, 3.8) is 0 Å². The zero-order valence-electron chi connectivity index (χ0n) is 9.63. The van der Waals surface area contributed by atoms with E-state index >= 15 is 0 Å². The zero-order chi connectivity index (χ0) is 10.5. The van der Waals surface area contributed by atoms with Gasteiger partial charge in [-0.1, -0.05) is 37.3 Å². The van der Waals surface area contributed by atoms with E-state index < -0.39 is 0 Å². The Morgan fingerprint density at radius 3 is 2.87 bits per heavy atom. The van der Waals surface area contributed by atoms with E-state index in [-0.39, 0.29) is 0 Å². The molecule has 2 rings (SSSR count). The topological polar surface area (TPSA) is 0 Å². The van der Waals surface area contributed by atoms with Crippen molar-refractivity contribution < 1.29 is 0 Å². The summed E-state index contributed by atoms with van der Waals surface area (Å²) in [7, 11) is 0. The second-order valence-electron chi connectivity index (χ2n) is 4.33. The molecule has 0 aromatic carbocycles. The van der Waals surface area contributed by atoms with Crippen molar-refractivity contribution in [1.29, 1.82) is 0 Å². The van der Waals surface area contributed by atoms with Gasteiger partial charge in [0, 0.05) is 0 Å². The van der Waals surface area contributed by atoms with Gasteiger partial charge < -0.3 is 0 Å². The molecule has 0 saturated carbocycles. The molecule has 0 N–H and O–H groups in total. The van der Waals surface area contributed by atoms with Gasteiger partial charge in [0.25, 0.3) is 0 Å². The third-order valence-electron chi connectivity index (χ3n) is 3.29. The van der Waals surface area contributed by atoms with Gasteiger partial charge in [-0.2, -0.15) is 0 Å². The first-order valence-electron chi connectivity index (χ1n) is 6.16. The van der Waals surface area contributed by atoms with E-state index in [1.54, 1.807) is 16.7 Å². The molecule has 0 nitrogen and oxygen atoms in total. The van der Waals surface area contributed by atoms with Crippen LogP contribution in [0.15, 0.2) is 47.1 Å². The molecule has 0 aromatic rings. The fourth-order valence-electron chi connectivity index (χ4n) is 2.42. The minimum absolute atomic E-state index is 1.15. The van der Waals surface area contributed by atoms with E-state index in [4.69, 9.17) is 0 Å². The van der Waals surface area contributed by atoms with Crippen LogP contribution in [0.3, 0.4) is 0 Å². The third-order valence-corrected chi connectivity index (χ3v) is 3.29. The molecule has 0 aromatic heterocycles. The maximum absolute atomic E-state index is 2.35. The third kappa shape index (κ3) is 2.50. The monoisotopic (exact) mass is 200 g/mol. The summed E-state index contributed by atoms with van der Waals surface area (Å²) in [6, 6.07) is 0. The summed E-state index contributed by atoms with van der Waals surface area (Å²) in [6.45, 7) is 2.27. The molecule has 0 heterocycles. The second-order valence-corrected chi connectivity index (χ2v) is 4.33. The summed E-state index contributed by atoms with van der Waals surface area (Å²) in [5.41, 5.74) is 4.74. The summed E-state index contributed by atoms with van der Waals surface area (Å²) in [5, 5.41) is 0. The quantitative estimate of drug-likeness (QED) is 0.605. The number of rotatable bonds is 2. The van der Waals surface area contributed by atoms with Crippen LogP contribution in [-0.2, 0) is 0 Å². The highest BCUT2D eigenvalue weighted by molar-refractivity contribution is 5.45. The first-order valence-corrected chi connectivity index (χ1v) is 6.16. The predicted octanol–water partition coefficient (Wildman–Crippen LogP) is 4.71.